The van der Waals surface area contributed by atoms with Gasteiger partial charge in [0, 0.05) is 15.5 Å². The van der Waals surface area contributed by atoms with Crippen LogP contribution in [0.4, 0.5) is 0 Å². The predicted molar refractivity (Wildman–Crippen MR) is 43.9 cm³/mol. The highest BCUT2D eigenvalue weighted by Crippen LogP contribution is 2.21. The van der Waals surface area contributed by atoms with Crippen LogP contribution in [0, 0.1) is 6.92 Å². The largest absolute Gasteiger partial charge is 0.149 e. The molecule has 0 fully saturated rings. The minimum Gasteiger partial charge on any atom is -0.149 e. The van der Waals surface area contributed by atoms with E-state index in [1.54, 1.807) is 11.3 Å². The van der Waals surface area contributed by atoms with Gasteiger partial charge in [-0.1, -0.05) is 18.2 Å². The van der Waals surface area contributed by atoms with E-state index in [0.29, 0.717) is 5.03 Å². The van der Waals surface area contributed by atoms with Crippen molar-refractivity contribution in [2.75, 3.05) is 0 Å². The average Bonchev–Trinajstić information content (AvgIpc) is 2.14. The first-order chi connectivity index (χ1) is 4.20. The summed E-state index contributed by atoms with van der Waals surface area (Å²) in [6.45, 7) is 5.66. The van der Waals surface area contributed by atoms with Crippen molar-refractivity contribution in [3.63, 3.8) is 0 Å². The standard InChI is InChI=1S/C7H7ClS/c1-5-3-7(4-9-5)6(2)8/h3-4H,2H2,1H3. The van der Waals surface area contributed by atoms with Crippen LogP contribution in [0.3, 0.4) is 0 Å². The summed E-state index contributed by atoms with van der Waals surface area (Å²) in [4.78, 5) is 1.27. The zero-order chi connectivity index (χ0) is 6.85. The first-order valence-electron chi connectivity index (χ1n) is 2.60. The molecule has 9 heavy (non-hydrogen) atoms. The Hall–Kier alpha value is -0.270. The Morgan fingerprint density at radius 1 is 1.78 bits per heavy atom. The van der Waals surface area contributed by atoms with Gasteiger partial charge in [-0.15, -0.1) is 11.3 Å². The van der Waals surface area contributed by atoms with Crippen molar-refractivity contribution in [3.8, 4) is 0 Å². The monoisotopic (exact) mass is 158 g/mol. The van der Waals surface area contributed by atoms with Crippen molar-refractivity contribution in [1.82, 2.24) is 0 Å². The lowest BCUT2D eigenvalue weighted by molar-refractivity contribution is 1.63. The van der Waals surface area contributed by atoms with E-state index in [0.717, 1.165) is 5.56 Å². The minimum atomic E-state index is 0.624. The second-order valence-electron chi connectivity index (χ2n) is 1.85. The molecule has 1 rings (SSSR count). The molecule has 0 aromatic carbocycles. The van der Waals surface area contributed by atoms with Gasteiger partial charge in [0.15, 0.2) is 0 Å². The Kier molecular flexibility index (Phi) is 1.94. The molecular weight excluding hydrogens is 152 g/mol. The molecule has 0 spiro atoms. The number of hydrogen-bond acceptors (Lipinski definition) is 1. The van der Waals surface area contributed by atoms with E-state index in [-0.39, 0.29) is 0 Å². The maximum Gasteiger partial charge on any atom is 0.0415 e. The average molecular weight is 159 g/mol. The summed E-state index contributed by atoms with van der Waals surface area (Å²) in [5.74, 6) is 0. The molecule has 0 aliphatic heterocycles. The number of hydrogen-bond donors (Lipinski definition) is 0. The zero-order valence-electron chi connectivity index (χ0n) is 5.15. The Balaban J connectivity index is 2.98. The van der Waals surface area contributed by atoms with Crippen LogP contribution in [-0.2, 0) is 0 Å². The Bertz CT molecular complexity index is 225. The molecule has 0 nitrogen and oxygen atoms in total. The van der Waals surface area contributed by atoms with Crippen LogP contribution in [0.5, 0.6) is 0 Å². The van der Waals surface area contributed by atoms with Crippen molar-refractivity contribution in [2.24, 2.45) is 0 Å². The van der Waals surface area contributed by atoms with Crippen molar-refractivity contribution in [2.45, 2.75) is 6.92 Å². The first-order valence-corrected chi connectivity index (χ1v) is 3.86. The number of halogens is 1. The molecule has 0 unspecified atom stereocenters. The van der Waals surface area contributed by atoms with E-state index in [1.165, 1.54) is 4.88 Å². The van der Waals surface area contributed by atoms with E-state index in [4.69, 9.17) is 11.6 Å². The molecule has 0 amide bonds. The maximum absolute atomic E-state index is 5.63. The van der Waals surface area contributed by atoms with Gasteiger partial charge in [0.05, 0.1) is 0 Å². The number of thiophene rings is 1. The molecule has 0 saturated heterocycles. The quantitative estimate of drug-likeness (QED) is 0.589. The molecule has 1 aromatic heterocycles. The fraction of sp³-hybridized carbons (Fsp3) is 0.143. The number of rotatable bonds is 1. The summed E-state index contributed by atoms with van der Waals surface area (Å²) in [5.41, 5.74) is 1.04. The van der Waals surface area contributed by atoms with Gasteiger partial charge in [0.2, 0.25) is 0 Å². The van der Waals surface area contributed by atoms with Crippen molar-refractivity contribution in [1.29, 1.82) is 0 Å². The second kappa shape index (κ2) is 2.54. The normalized spacial score (nSPS) is 9.56. The van der Waals surface area contributed by atoms with Crippen LogP contribution >= 0.6 is 22.9 Å². The molecule has 0 aliphatic rings. The lowest BCUT2D eigenvalue weighted by Crippen LogP contribution is -1.63. The smallest absolute Gasteiger partial charge is 0.0415 e. The van der Waals surface area contributed by atoms with E-state index < -0.39 is 0 Å². The van der Waals surface area contributed by atoms with Gasteiger partial charge >= 0.3 is 0 Å². The first kappa shape index (κ1) is 6.84. The molecular formula is C7H7ClS. The fourth-order valence-corrected chi connectivity index (χ4v) is 1.48. The SMILES string of the molecule is C=C(Cl)c1csc(C)c1. The Morgan fingerprint density at radius 3 is 2.67 bits per heavy atom. The van der Waals surface area contributed by atoms with Gasteiger partial charge < -0.3 is 0 Å². The molecule has 0 N–H and O–H groups in total. The zero-order valence-corrected chi connectivity index (χ0v) is 6.72. The van der Waals surface area contributed by atoms with E-state index in [2.05, 4.69) is 6.58 Å². The highest BCUT2D eigenvalue weighted by atomic mass is 35.5. The third-order valence-corrected chi connectivity index (χ3v) is 2.12. The molecule has 0 atom stereocenters. The van der Waals surface area contributed by atoms with E-state index in [1.807, 2.05) is 18.4 Å². The van der Waals surface area contributed by atoms with Gasteiger partial charge in [-0.25, -0.2) is 0 Å². The molecule has 0 aliphatic carbocycles. The summed E-state index contributed by atoms with van der Waals surface area (Å²) < 4.78 is 0. The number of aryl methyl sites for hydroxylation is 1. The highest BCUT2D eigenvalue weighted by molar-refractivity contribution is 7.10. The van der Waals surface area contributed by atoms with Crippen molar-refractivity contribution < 1.29 is 0 Å². The summed E-state index contributed by atoms with van der Waals surface area (Å²) in [7, 11) is 0. The van der Waals surface area contributed by atoms with Crippen LogP contribution in [0.25, 0.3) is 5.03 Å². The second-order valence-corrected chi connectivity index (χ2v) is 3.42. The Morgan fingerprint density at radius 2 is 2.44 bits per heavy atom. The van der Waals surface area contributed by atoms with Gasteiger partial charge in [0.25, 0.3) is 0 Å². The summed E-state index contributed by atoms with van der Waals surface area (Å²) in [6.07, 6.45) is 0. The van der Waals surface area contributed by atoms with Crippen LogP contribution in [0.2, 0.25) is 0 Å². The van der Waals surface area contributed by atoms with Crippen LogP contribution in [0.15, 0.2) is 18.0 Å². The molecule has 1 aromatic rings. The molecule has 2 heteroatoms. The third kappa shape index (κ3) is 1.57. The van der Waals surface area contributed by atoms with Crippen molar-refractivity contribution in [3.05, 3.63) is 28.5 Å². The van der Waals surface area contributed by atoms with Gasteiger partial charge in [0.1, 0.15) is 0 Å². The van der Waals surface area contributed by atoms with Crippen LogP contribution in [-0.4, -0.2) is 0 Å². The minimum absolute atomic E-state index is 0.624. The van der Waals surface area contributed by atoms with Crippen LogP contribution in [0.1, 0.15) is 10.4 Å². The lowest BCUT2D eigenvalue weighted by Gasteiger charge is -1.84. The summed E-state index contributed by atoms with van der Waals surface area (Å²) in [6, 6.07) is 2.03. The molecule has 48 valence electrons. The molecule has 1 heterocycles. The van der Waals surface area contributed by atoms with Crippen molar-refractivity contribution >= 4 is 28.0 Å². The lowest BCUT2D eigenvalue weighted by atomic mass is 10.3. The third-order valence-electron chi connectivity index (χ3n) is 1.04. The maximum atomic E-state index is 5.63. The summed E-state index contributed by atoms with van der Waals surface area (Å²) in [5, 5.41) is 2.63. The molecule has 0 saturated carbocycles. The van der Waals surface area contributed by atoms with Gasteiger partial charge in [-0.2, -0.15) is 0 Å². The van der Waals surface area contributed by atoms with Crippen LogP contribution < -0.4 is 0 Å². The topological polar surface area (TPSA) is 0 Å². The van der Waals surface area contributed by atoms with E-state index in [9.17, 15) is 0 Å². The molecule has 0 bridgehead atoms. The molecule has 0 radical (unpaired) electrons. The Labute approximate surface area is 63.8 Å². The fourth-order valence-electron chi connectivity index (χ4n) is 0.586. The van der Waals surface area contributed by atoms with E-state index >= 15 is 0 Å². The summed E-state index contributed by atoms with van der Waals surface area (Å²) >= 11 is 7.32. The van der Waals surface area contributed by atoms with Gasteiger partial charge in [-0.3, -0.25) is 0 Å². The highest BCUT2D eigenvalue weighted by Gasteiger charge is 1.95. The van der Waals surface area contributed by atoms with Gasteiger partial charge in [-0.05, 0) is 18.4 Å². The predicted octanol–water partition coefficient (Wildman–Crippen LogP) is 3.27.